The third kappa shape index (κ3) is 15.9. The first-order valence-corrected chi connectivity index (χ1v) is 31.5. The number of nitrogens with one attached hydrogen (secondary N) is 3. The van der Waals surface area contributed by atoms with Crippen LogP contribution in [0.3, 0.4) is 0 Å². The van der Waals surface area contributed by atoms with E-state index in [9.17, 15) is 15.1 Å². The van der Waals surface area contributed by atoms with E-state index in [1.54, 1.807) is 82.3 Å². The zero-order valence-electron chi connectivity index (χ0n) is 49.3. The van der Waals surface area contributed by atoms with Crippen LogP contribution in [0.1, 0.15) is 113 Å². The van der Waals surface area contributed by atoms with E-state index < -0.39 is 73.1 Å². The Bertz CT molecular complexity index is 3280. The number of fused-ring (bicyclic) bond motifs is 9. The fourth-order valence-corrected chi connectivity index (χ4v) is 11.2. The Morgan fingerprint density at radius 1 is 0.869 bits per heavy atom. The zero-order valence-corrected chi connectivity index (χ0v) is 52.7. The second kappa shape index (κ2) is 28.0. The summed E-state index contributed by atoms with van der Waals surface area (Å²) in [6.45, 7) is 18.2. The lowest BCUT2D eigenvalue weighted by molar-refractivity contribution is -0.151. The minimum atomic E-state index is -2.89. The third-order valence-electron chi connectivity index (χ3n) is 14.4. The summed E-state index contributed by atoms with van der Waals surface area (Å²) in [4.78, 5) is 63.4. The van der Waals surface area contributed by atoms with Crippen molar-refractivity contribution < 1.29 is 56.8 Å². The second-order valence-electron chi connectivity index (χ2n) is 22.5. The molecule has 8 rings (SSSR count). The van der Waals surface area contributed by atoms with Crippen LogP contribution in [0.25, 0.3) is 21.6 Å². The summed E-state index contributed by atoms with van der Waals surface area (Å²) in [6.07, 6.45) is -0.349. The summed E-state index contributed by atoms with van der Waals surface area (Å²) >= 11 is 10.9. The van der Waals surface area contributed by atoms with Crippen molar-refractivity contribution in [2.24, 2.45) is 15.5 Å². The van der Waals surface area contributed by atoms with Crippen LogP contribution >= 0.6 is 27.5 Å². The summed E-state index contributed by atoms with van der Waals surface area (Å²) in [7, 11) is 1.50. The highest BCUT2D eigenvalue weighted by atomic mass is 79.9. The molecule has 0 spiro atoms. The molecule has 4 bridgehead atoms. The maximum Gasteiger partial charge on any atom is 0.408 e. The van der Waals surface area contributed by atoms with Crippen molar-refractivity contribution in [2.45, 2.75) is 122 Å². The monoisotopic (exact) mass is 1250 g/mol. The summed E-state index contributed by atoms with van der Waals surface area (Å²) in [5, 5.41) is 23.4. The zero-order chi connectivity index (χ0) is 61.1. The molecule has 1 saturated heterocycles. The average Bonchev–Trinajstić information content (AvgIpc) is 1.70. The van der Waals surface area contributed by atoms with Crippen LogP contribution in [0.15, 0.2) is 111 Å². The van der Waals surface area contributed by atoms with Gasteiger partial charge in [0.05, 0.1) is 52.2 Å². The first-order valence-electron chi connectivity index (χ1n) is 27.4. The van der Waals surface area contributed by atoms with Crippen molar-refractivity contribution in [1.82, 2.24) is 21.0 Å². The van der Waals surface area contributed by atoms with Crippen LogP contribution in [0.2, 0.25) is 23.2 Å². The minimum Gasteiger partial charge on any atom is -0.497 e. The van der Waals surface area contributed by atoms with Crippen LogP contribution in [0.5, 0.6) is 28.7 Å². The molecular formula is C60H73BrClN9O12Si. The number of amides is 3. The molecule has 1 fully saturated rings. The molecule has 448 valence electrons. The number of rotatable bonds is 18. The lowest BCUT2D eigenvalue weighted by atomic mass is 9.90. The van der Waals surface area contributed by atoms with E-state index >= 15 is 9.59 Å². The molecule has 0 radical (unpaired) electrons. The Morgan fingerprint density at radius 2 is 1.57 bits per heavy atom. The van der Waals surface area contributed by atoms with Gasteiger partial charge in [0.1, 0.15) is 52.5 Å². The number of carbonyl (C=O) groups is 4. The molecule has 5 atom stereocenters. The highest BCUT2D eigenvalue weighted by Gasteiger charge is 2.45. The molecule has 24 heteroatoms. The first kappa shape index (κ1) is 64.2. The van der Waals surface area contributed by atoms with Gasteiger partial charge in [-0.15, -0.1) is 5.11 Å². The standard InChI is InChI=1S/C60H73BrClN9O12Si/c1-13-80-57(74)53-54(83-84(11,12)60(5,6)7)37-22-24-46(43(62)29-37)81-48-30-38(28-42(61)52(48)68-70-71-25-17-18-26-71)51(66-58(75)82-59(2,3)4)56(73)64-50(55(72)65-53)36-21-23-45(77-9)41(27-36)49-40(31-39(76-8)32-47(49)78-10)44(67-69-63)34-79-33-35-19-15-14-16-20-35/h14-16,19-24,27-32,44,50-51,53-54H,13,17-18,25-26,33-34H2,1-12H3,(H,64,73)(H,65,72)(H,66,75)/t44-,50-,51-,53+,54-/m1/s1. The van der Waals surface area contributed by atoms with Crippen LogP contribution in [0, 0.1) is 0 Å². The largest absolute Gasteiger partial charge is 0.497 e. The maximum atomic E-state index is 15.9. The molecule has 84 heavy (non-hydrogen) atoms. The lowest BCUT2D eigenvalue weighted by Gasteiger charge is -2.41. The fraction of sp³-hybridized carbons (Fsp3) is 0.433. The van der Waals surface area contributed by atoms with Gasteiger partial charge in [-0.05, 0) is 150 Å². The van der Waals surface area contributed by atoms with Crippen LogP contribution < -0.4 is 34.9 Å². The van der Waals surface area contributed by atoms with Crippen molar-refractivity contribution in [3.8, 4) is 39.9 Å². The predicted molar refractivity (Wildman–Crippen MR) is 323 cm³/mol. The summed E-state index contributed by atoms with van der Waals surface area (Å²) in [6, 6.07) is 19.6. The van der Waals surface area contributed by atoms with Crippen molar-refractivity contribution in [1.29, 1.82) is 0 Å². The van der Waals surface area contributed by atoms with Gasteiger partial charge in [-0.25, -0.2) is 9.59 Å². The number of hydrogen-bond acceptors (Lipinski definition) is 15. The first-order chi connectivity index (χ1) is 39.9. The van der Waals surface area contributed by atoms with Crippen LogP contribution in [-0.4, -0.2) is 96.5 Å². The topological polar surface area (TPSA) is 255 Å². The number of alkyl carbamates (subject to hydrolysis) is 1. The van der Waals surface area contributed by atoms with Crippen molar-refractivity contribution in [3.05, 3.63) is 139 Å². The molecule has 3 N–H and O–H groups in total. The molecule has 3 heterocycles. The Morgan fingerprint density at radius 3 is 2.20 bits per heavy atom. The van der Waals surface area contributed by atoms with E-state index in [2.05, 4.69) is 52.2 Å². The minimum absolute atomic E-state index is 0.0730. The Kier molecular flexibility index (Phi) is 21.4. The number of azide groups is 1. The molecule has 5 aromatic carbocycles. The number of ether oxygens (including phenoxy) is 7. The Hall–Kier alpha value is -7.40. The fourth-order valence-electron chi connectivity index (χ4n) is 9.18. The Labute approximate surface area is 504 Å². The number of carbonyl (C=O) groups excluding carboxylic acids is 4. The highest BCUT2D eigenvalue weighted by Crippen LogP contribution is 2.48. The van der Waals surface area contributed by atoms with E-state index in [1.165, 1.54) is 27.4 Å². The number of hydrogen-bond donors (Lipinski definition) is 3. The molecule has 0 saturated carbocycles. The molecule has 0 aromatic heterocycles. The smallest absolute Gasteiger partial charge is 0.408 e. The molecule has 3 amide bonds. The van der Waals surface area contributed by atoms with Gasteiger partial charge >= 0.3 is 12.1 Å². The molecule has 5 aromatic rings. The summed E-state index contributed by atoms with van der Waals surface area (Å²) in [5.41, 5.74) is 11.9. The SMILES string of the molecule is CCOC(=O)[C@H]1NC(=O)[C@@H](c2ccc(OC)c(-c3c(OC)cc(OC)cc3[C@@H](COCc3ccccc3)N=[N+]=[N-])c2)NC(=O)[C@H](NC(=O)OC(C)(C)C)c2cc(Br)c(N=NN3CCCC3)c(c2)Oc2ccc(cc2Cl)[C@H]1O[Si](C)(C)C(C)(C)C. The van der Waals surface area contributed by atoms with Gasteiger partial charge in [-0.1, -0.05) is 85.2 Å². The van der Waals surface area contributed by atoms with E-state index in [0.29, 0.717) is 45.6 Å². The van der Waals surface area contributed by atoms with E-state index in [4.69, 9.17) is 49.2 Å². The van der Waals surface area contributed by atoms with Crippen LogP contribution in [-0.2, 0) is 39.6 Å². The molecule has 0 aliphatic carbocycles. The van der Waals surface area contributed by atoms with Crippen molar-refractivity contribution in [3.63, 3.8) is 0 Å². The third-order valence-corrected chi connectivity index (χ3v) is 19.8. The van der Waals surface area contributed by atoms with Gasteiger partial charge in [0, 0.05) is 39.7 Å². The predicted octanol–water partition coefficient (Wildman–Crippen LogP) is 13.8. The van der Waals surface area contributed by atoms with Gasteiger partial charge in [0.2, 0.25) is 11.8 Å². The van der Waals surface area contributed by atoms with E-state index in [0.717, 1.165) is 18.4 Å². The summed E-state index contributed by atoms with van der Waals surface area (Å²) < 4.78 is 49.5. The van der Waals surface area contributed by atoms with E-state index in [-0.39, 0.29) is 64.7 Å². The second-order valence-corrected chi connectivity index (χ2v) is 28.5. The Balaban J connectivity index is 1.50. The quantitative estimate of drug-likeness (QED) is 0.0243. The number of esters is 1. The summed E-state index contributed by atoms with van der Waals surface area (Å²) in [5.74, 6) is -1.57. The van der Waals surface area contributed by atoms with Gasteiger partial charge < -0.3 is 53.5 Å². The highest BCUT2D eigenvalue weighted by molar-refractivity contribution is 9.10. The number of nitrogens with zero attached hydrogens (tertiary/aromatic N) is 6. The molecule has 0 unspecified atom stereocenters. The molecular weight excluding hydrogens is 1180 g/mol. The van der Waals surface area contributed by atoms with E-state index in [1.807, 2.05) is 69.2 Å². The number of methoxy groups -OCH3 is 3. The average molecular weight is 1260 g/mol. The van der Waals surface area contributed by atoms with Crippen molar-refractivity contribution >= 4 is 65.4 Å². The normalized spacial score (nSPS) is 18.0. The molecule has 21 nitrogen and oxygen atoms in total. The maximum absolute atomic E-state index is 15.9. The molecule has 3 aliphatic rings. The lowest BCUT2D eigenvalue weighted by Crippen LogP contribution is -2.54. The van der Waals surface area contributed by atoms with Crippen molar-refractivity contribution in [2.75, 3.05) is 47.6 Å². The number of halogens is 2. The molecule has 3 aliphatic heterocycles. The van der Waals surface area contributed by atoms with Crippen LogP contribution in [0.4, 0.5) is 10.5 Å². The van der Waals surface area contributed by atoms with Gasteiger partial charge in [-0.3, -0.25) is 14.6 Å². The van der Waals surface area contributed by atoms with Gasteiger partial charge in [0.25, 0.3) is 0 Å². The number of benzene rings is 5. The van der Waals surface area contributed by atoms with Gasteiger partial charge in [0.15, 0.2) is 20.1 Å². The van der Waals surface area contributed by atoms with Gasteiger partial charge in [-0.2, -0.15) is 0 Å².